The van der Waals surface area contributed by atoms with E-state index in [1.54, 1.807) is 0 Å². The van der Waals surface area contributed by atoms with Gasteiger partial charge in [-0.2, -0.15) is 4.98 Å². The highest BCUT2D eigenvalue weighted by molar-refractivity contribution is 5.95. The molecule has 8 heteroatoms. The average molecular weight is 345 g/mol. The Morgan fingerprint density at radius 3 is 2.60 bits per heavy atom. The number of ether oxygens (including phenoxy) is 1. The van der Waals surface area contributed by atoms with Gasteiger partial charge in [0.2, 0.25) is 11.9 Å². The summed E-state index contributed by atoms with van der Waals surface area (Å²) in [6, 6.07) is 0.478. The number of piperazine rings is 1. The fourth-order valence-corrected chi connectivity index (χ4v) is 4.53. The van der Waals surface area contributed by atoms with Crippen molar-refractivity contribution in [2.45, 2.75) is 25.4 Å². The first kappa shape index (κ1) is 15.7. The molecule has 0 spiro atoms. The molecule has 1 aromatic rings. The van der Waals surface area contributed by atoms with Crippen LogP contribution in [0.2, 0.25) is 0 Å². The lowest BCUT2D eigenvalue weighted by molar-refractivity contribution is 0.0292. The molecule has 0 bridgehead atoms. The largest absolute Gasteiger partial charge is 0.379 e. The number of rotatable bonds is 2. The number of likely N-dealkylation sites (N-methyl/N-ethyl adjacent to an activating group) is 1. The molecule has 25 heavy (non-hydrogen) atoms. The van der Waals surface area contributed by atoms with Gasteiger partial charge in [-0.1, -0.05) is 0 Å². The minimum absolute atomic E-state index is 0.478. The summed E-state index contributed by atoms with van der Waals surface area (Å²) in [7, 11) is 2.17. The number of fused-ring (bicyclic) bond motifs is 2. The van der Waals surface area contributed by atoms with E-state index in [9.17, 15) is 0 Å². The summed E-state index contributed by atoms with van der Waals surface area (Å²) in [5.74, 6) is 2.19. The Kier molecular flexibility index (Phi) is 3.98. The van der Waals surface area contributed by atoms with Crippen LogP contribution in [-0.2, 0) is 11.3 Å². The van der Waals surface area contributed by atoms with Crippen LogP contribution in [0.25, 0.3) is 0 Å². The van der Waals surface area contributed by atoms with Crippen LogP contribution >= 0.6 is 0 Å². The van der Waals surface area contributed by atoms with Crippen molar-refractivity contribution >= 4 is 17.6 Å². The average Bonchev–Trinajstić information content (AvgIpc) is 3.24. The lowest BCUT2D eigenvalue weighted by Crippen LogP contribution is -2.46. The highest BCUT2D eigenvalue weighted by Gasteiger charge is 2.39. The number of aromatic nitrogens is 3. The minimum Gasteiger partial charge on any atom is -0.379 e. The van der Waals surface area contributed by atoms with Gasteiger partial charge in [0.1, 0.15) is 0 Å². The molecule has 4 aliphatic rings. The summed E-state index contributed by atoms with van der Waals surface area (Å²) < 4.78 is 7.54. The lowest BCUT2D eigenvalue weighted by atomic mass is 10.0. The van der Waals surface area contributed by atoms with Crippen molar-refractivity contribution in [2.75, 3.05) is 64.4 Å². The van der Waals surface area contributed by atoms with E-state index < -0.39 is 0 Å². The van der Waals surface area contributed by atoms with Gasteiger partial charge in [-0.25, -0.2) is 9.67 Å². The molecule has 2 unspecified atom stereocenters. The van der Waals surface area contributed by atoms with Crippen LogP contribution in [-0.4, -0.2) is 95.8 Å². The van der Waals surface area contributed by atoms with Crippen LogP contribution in [0.3, 0.4) is 0 Å². The smallest absolute Gasteiger partial charge is 0.249 e. The number of nitrogens with zero attached hydrogens (tertiary/aromatic N) is 7. The van der Waals surface area contributed by atoms with Crippen LogP contribution < -0.4 is 4.90 Å². The van der Waals surface area contributed by atoms with E-state index >= 15 is 0 Å². The molecule has 0 amide bonds. The summed E-state index contributed by atoms with van der Waals surface area (Å²) in [6.45, 7) is 8.81. The highest BCUT2D eigenvalue weighted by Crippen LogP contribution is 2.35. The Balaban J connectivity index is 1.37. The van der Waals surface area contributed by atoms with Gasteiger partial charge < -0.3 is 14.5 Å². The Bertz CT molecular complexity index is 658. The van der Waals surface area contributed by atoms with Crippen molar-refractivity contribution < 1.29 is 4.74 Å². The van der Waals surface area contributed by atoms with Crippen LogP contribution in [0.5, 0.6) is 0 Å². The molecular formula is C17H27N7O. The van der Waals surface area contributed by atoms with Gasteiger partial charge >= 0.3 is 0 Å². The van der Waals surface area contributed by atoms with Gasteiger partial charge in [0.25, 0.3) is 0 Å². The molecular weight excluding hydrogens is 318 g/mol. The monoisotopic (exact) mass is 345 g/mol. The van der Waals surface area contributed by atoms with Crippen LogP contribution in [0.4, 0.5) is 11.9 Å². The second-order valence-electron chi connectivity index (χ2n) is 7.66. The van der Waals surface area contributed by atoms with E-state index in [1.165, 1.54) is 18.6 Å². The fourth-order valence-electron chi connectivity index (χ4n) is 4.53. The molecule has 1 saturated carbocycles. The Hall–Kier alpha value is -1.51. The normalized spacial score (nSPS) is 30.9. The highest BCUT2D eigenvalue weighted by atomic mass is 16.5. The van der Waals surface area contributed by atoms with Gasteiger partial charge in [0, 0.05) is 56.9 Å². The first-order chi connectivity index (χ1) is 12.3. The van der Waals surface area contributed by atoms with Gasteiger partial charge in [0.05, 0.1) is 19.8 Å². The third kappa shape index (κ3) is 2.86. The summed E-state index contributed by atoms with van der Waals surface area (Å²) >= 11 is 0. The number of hydrogen-bond donors (Lipinski definition) is 0. The molecule has 136 valence electrons. The maximum atomic E-state index is 5.51. The summed E-state index contributed by atoms with van der Waals surface area (Å²) in [5, 5.41) is 4.77. The minimum atomic E-state index is 0.478. The molecule has 2 atom stereocenters. The molecule has 0 N–H and O–H groups in total. The summed E-state index contributed by atoms with van der Waals surface area (Å²) in [6.07, 6.45) is 2.42. The van der Waals surface area contributed by atoms with Crippen molar-refractivity contribution in [3.05, 3.63) is 0 Å². The van der Waals surface area contributed by atoms with Gasteiger partial charge in [-0.05, 0) is 19.9 Å². The SMILES string of the molecule is CN1CCN(c2nc3n(n2)CC2CCC(N4CCOCC4)C2=N3)CC1. The molecule has 3 fully saturated rings. The van der Waals surface area contributed by atoms with Crippen LogP contribution in [0, 0.1) is 5.92 Å². The Morgan fingerprint density at radius 1 is 1.00 bits per heavy atom. The fraction of sp³-hybridized carbons (Fsp3) is 0.824. The van der Waals surface area contributed by atoms with Crippen molar-refractivity contribution in [1.82, 2.24) is 24.6 Å². The molecule has 1 aliphatic carbocycles. The molecule has 5 rings (SSSR count). The zero-order chi connectivity index (χ0) is 16.8. The van der Waals surface area contributed by atoms with E-state index in [1.807, 2.05) is 4.68 Å². The third-order valence-corrected chi connectivity index (χ3v) is 6.08. The standard InChI is InChI=1S/C17H27N7O/c1-21-4-6-23(7-5-21)17-19-16-18-15-13(12-24(16)20-17)2-3-14(15)22-8-10-25-11-9-22/h13-14H,2-12H2,1H3. The first-order valence-electron chi connectivity index (χ1n) is 9.56. The summed E-state index contributed by atoms with van der Waals surface area (Å²) in [4.78, 5) is 16.9. The first-order valence-corrected chi connectivity index (χ1v) is 9.56. The quantitative estimate of drug-likeness (QED) is 0.765. The third-order valence-electron chi connectivity index (χ3n) is 6.08. The van der Waals surface area contributed by atoms with Gasteiger partial charge in [-0.3, -0.25) is 4.90 Å². The lowest BCUT2D eigenvalue weighted by Gasteiger charge is -2.33. The van der Waals surface area contributed by atoms with Gasteiger partial charge in [-0.15, -0.1) is 5.10 Å². The number of hydrogen-bond acceptors (Lipinski definition) is 7. The molecule has 8 nitrogen and oxygen atoms in total. The zero-order valence-corrected chi connectivity index (χ0v) is 15.0. The van der Waals surface area contributed by atoms with Crippen LogP contribution in [0.1, 0.15) is 12.8 Å². The predicted octanol–water partition coefficient (Wildman–Crippen LogP) is 0.227. The maximum Gasteiger partial charge on any atom is 0.249 e. The van der Waals surface area contributed by atoms with Crippen molar-refractivity contribution in [3.63, 3.8) is 0 Å². The molecule has 1 aromatic heterocycles. The van der Waals surface area contributed by atoms with E-state index in [2.05, 4.69) is 21.7 Å². The van der Waals surface area contributed by atoms with Crippen molar-refractivity contribution in [1.29, 1.82) is 0 Å². The van der Waals surface area contributed by atoms with Crippen LogP contribution in [0.15, 0.2) is 4.99 Å². The van der Waals surface area contributed by atoms with E-state index in [0.29, 0.717) is 12.0 Å². The van der Waals surface area contributed by atoms with Gasteiger partial charge in [0.15, 0.2) is 0 Å². The van der Waals surface area contributed by atoms with E-state index in [-0.39, 0.29) is 0 Å². The summed E-state index contributed by atoms with van der Waals surface area (Å²) in [5.41, 5.74) is 1.34. The Morgan fingerprint density at radius 2 is 1.80 bits per heavy atom. The molecule has 3 aliphatic heterocycles. The maximum absolute atomic E-state index is 5.51. The number of aliphatic imine (C=N–C) groups is 1. The Labute approximate surface area is 148 Å². The van der Waals surface area contributed by atoms with E-state index in [4.69, 9.17) is 19.8 Å². The molecule has 0 radical (unpaired) electrons. The predicted molar refractivity (Wildman–Crippen MR) is 95.7 cm³/mol. The topological polar surface area (TPSA) is 62.0 Å². The zero-order valence-electron chi connectivity index (χ0n) is 15.0. The molecule has 2 saturated heterocycles. The van der Waals surface area contributed by atoms with E-state index in [0.717, 1.165) is 70.9 Å². The second-order valence-corrected chi connectivity index (χ2v) is 7.66. The van der Waals surface area contributed by atoms with Crippen molar-refractivity contribution in [3.8, 4) is 0 Å². The molecule has 4 heterocycles. The second kappa shape index (κ2) is 6.34. The molecule has 0 aromatic carbocycles. The number of anilines is 1. The van der Waals surface area contributed by atoms with Crippen molar-refractivity contribution in [2.24, 2.45) is 10.9 Å². The number of morpholine rings is 1.